The van der Waals surface area contributed by atoms with E-state index in [1.807, 2.05) is 13.8 Å². The summed E-state index contributed by atoms with van der Waals surface area (Å²) in [6.45, 7) is 15.5. The maximum absolute atomic E-state index is 9.45. The Morgan fingerprint density at radius 1 is 1.20 bits per heavy atom. The fraction of sp³-hybridized carbons (Fsp3) is 0.429. The first-order valence-corrected chi connectivity index (χ1v) is 5.32. The number of aliphatic hydroxyl groups is 1. The highest BCUT2D eigenvalue weighted by Gasteiger charge is 2.05. The summed E-state index contributed by atoms with van der Waals surface area (Å²) in [5.74, 6) is 0.0977. The summed E-state index contributed by atoms with van der Waals surface area (Å²) in [5.41, 5.74) is 3.96. The van der Waals surface area contributed by atoms with E-state index < -0.39 is 0 Å². The van der Waals surface area contributed by atoms with Gasteiger partial charge in [0.15, 0.2) is 0 Å². The van der Waals surface area contributed by atoms with Crippen LogP contribution in [0.2, 0.25) is 0 Å². The number of rotatable bonds is 5. The monoisotopic (exact) mass is 206 g/mol. The van der Waals surface area contributed by atoms with Crippen LogP contribution in [0, 0.1) is 0 Å². The second-order valence-corrected chi connectivity index (χ2v) is 4.03. The van der Waals surface area contributed by atoms with Crippen LogP contribution in [0.3, 0.4) is 0 Å². The Labute approximate surface area is 93.5 Å². The van der Waals surface area contributed by atoms with Crippen molar-refractivity contribution in [2.45, 2.75) is 40.5 Å². The van der Waals surface area contributed by atoms with Gasteiger partial charge in [-0.25, -0.2) is 0 Å². The van der Waals surface area contributed by atoms with Gasteiger partial charge in [0.1, 0.15) is 5.76 Å². The largest absolute Gasteiger partial charge is 0.508 e. The highest BCUT2D eigenvalue weighted by Crippen LogP contribution is 2.21. The Hall–Kier alpha value is -1.24. The predicted molar refractivity (Wildman–Crippen MR) is 67.9 cm³/mol. The second kappa shape index (κ2) is 6.28. The average Bonchev–Trinajstić information content (AvgIpc) is 2.01. The standard InChI is InChI=1S/C14H22O/c1-7-8-11(4)9-12(5)14(10(2)3)13(6)15/h9,15H,2,6-8H2,1,3-5H3/b11-9-,14-12+. The molecule has 1 N–H and O–H groups in total. The summed E-state index contributed by atoms with van der Waals surface area (Å²) in [7, 11) is 0. The zero-order chi connectivity index (χ0) is 12.0. The minimum Gasteiger partial charge on any atom is -0.508 e. The first kappa shape index (κ1) is 13.8. The van der Waals surface area contributed by atoms with E-state index in [2.05, 4.69) is 33.1 Å². The van der Waals surface area contributed by atoms with Crippen molar-refractivity contribution in [2.75, 3.05) is 0 Å². The molecule has 0 rings (SSSR count). The zero-order valence-electron chi connectivity index (χ0n) is 10.4. The van der Waals surface area contributed by atoms with Crippen molar-refractivity contribution in [3.63, 3.8) is 0 Å². The van der Waals surface area contributed by atoms with Crippen LogP contribution in [-0.2, 0) is 0 Å². The smallest absolute Gasteiger partial charge is 0.116 e. The quantitative estimate of drug-likeness (QED) is 0.510. The van der Waals surface area contributed by atoms with E-state index in [1.54, 1.807) is 0 Å². The molecule has 1 nitrogen and oxygen atoms in total. The van der Waals surface area contributed by atoms with Gasteiger partial charge >= 0.3 is 0 Å². The molecule has 0 amide bonds. The van der Waals surface area contributed by atoms with Gasteiger partial charge in [0.05, 0.1) is 0 Å². The molecule has 0 spiro atoms. The predicted octanol–water partition coefficient (Wildman–Crippen LogP) is 4.70. The van der Waals surface area contributed by atoms with E-state index in [9.17, 15) is 5.11 Å². The normalized spacial score (nSPS) is 13.5. The summed E-state index contributed by atoms with van der Waals surface area (Å²) in [6, 6.07) is 0. The fourth-order valence-corrected chi connectivity index (χ4v) is 1.72. The SMILES string of the molecule is C=C(C)/C(C(=C)O)=C(C)\C=C(\C)CCC. The average molecular weight is 206 g/mol. The van der Waals surface area contributed by atoms with Crippen molar-refractivity contribution in [3.8, 4) is 0 Å². The topological polar surface area (TPSA) is 20.2 Å². The molecule has 0 saturated carbocycles. The summed E-state index contributed by atoms with van der Waals surface area (Å²) in [4.78, 5) is 0. The maximum Gasteiger partial charge on any atom is 0.116 e. The minimum absolute atomic E-state index is 0.0977. The van der Waals surface area contributed by atoms with Crippen molar-refractivity contribution in [2.24, 2.45) is 0 Å². The zero-order valence-corrected chi connectivity index (χ0v) is 10.4. The van der Waals surface area contributed by atoms with Gasteiger partial charge in [0.25, 0.3) is 0 Å². The lowest BCUT2D eigenvalue weighted by Gasteiger charge is -2.09. The lowest BCUT2D eigenvalue weighted by Crippen LogP contribution is -1.92. The van der Waals surface area contributed by atoms with Crippen molar-refractivity contribution < 1.29 is 5.11 Å². The molecule has 0 aromatic rings. The lowest BCUT2D eigenvalue weighted by atomic mass is 9.99. The lowest BCUT2D eigenvalue weighted by molar-refractivity contribution is 0.427. The van der Waals surface area contributed by atoms with Crippen LogP contribution < -0.4 is 0 Å². The minimum atomic E-state index is 0.0977. The Bertz CT molecular complexity index is 300. The molecule has 0 aliphatic rings. The molecule has 0 aromatic carbocycles. The van der Waals surface area contributed by atoms with Crippen molar-refractivity contribution >= 4 is 0 Å². The summed E-state index contributed by atoms with van der Waals surface area (Å²) < 4.78 is 0. The van der Waals surface area contributed by atoms with Crippen LogP contribution >= 0.6 is 0 Å². The van der Waals surface area contributed by atoms with Gasteiger partial charge in [-0.15, -0.1) is 0 Å². The molecule has 0 saturated heterocycles. The van der Waals surface area contributed by atoms with E-state index in [0.717, 1.165) is 29.6 Å². The Balaban J connectivity index is 5.12. The summed E-state index contributed by atoms with van der Waals surface area (Å²) in [6.07, 6.45) is 4.31. The molecule has 0 aliphatic heterocycles. The Kier molecular flexibility index (Phi) is 5.76. The molecule has 0 heterocycles. The van der Waals surface area contributed by atoms with Crippen LogP contribution in [0.15, 0.2) is 47.3 Å². The molecule has 0 radical (unpaired) electrons. The molecule has 0 atom stereocenters. The van der Waals surface area contributed by atoms with Crippen molar-refractivity contribution in [3.05, 3.63) is 47.3 Å². The third-order valence-electron chi connectivity index (χ3n) is 2.22. The molecule has 0 bridgehead atoms. The number of hydrogen-bond acceptors (Lipinski definition) is 1. The Morgan fingerprint density at radius 3 is 2.07 bits per heavy atom. The van der Waals surface area contributed by atoms with Gasteiger partial charge in [-0.2, -0.15) is 0 Å². The molecule has 15 heavy (non-hydrogen) atoms. The van der Waals surface area contributed by atoms with Gasteiger partial charge in [0, 0.05) is 5.57 Å². The molecule has 0 unspecified atom stereocenters. The van der Waals surface area contributed by atoms with E-state index in [1.165, 1.54) is 5.57 Å². The second-order valence-electron chi connectivity index (χ2n) is 4.03. The first-order chi connectivity index (χ1) is 6.90. The third kappa shape index (κ3) is 4.68. The molecular formula is C14H22O. The van der Waals surface area contributed by atoms with E-state index >= 15 is 0 Å². The summed E-state index contributed by atoms with van der Waals surface area (Å²) in [5, 5.41) is 9.45. The third-order valence-corrected chi connectivity index (χ3v) is 2.22. The molecule has 84 valence electrons. The van der Waals surface area contributed by atoms with Crippen LogP contribution in [0.25, 0.3) is 0 Å². The molecule has 0 aliphatic carbocycles. The molecule has 1 heteroatoms. The highest BCUT2D eigenvalue weighted by molar-refractivity contribution is 5.46. The Morgan fingerprint density at radius 2 is 1.73 bits per heavy atom. The van der Waals surface area contributed by atoms with Gasteiger partial charge in [-0.1, -0.05) is 38.2 Å². The first-order valence-electron chi connectivity index (χ1n) is 5.32. The van der Waals surface area contributed by atoms with Gasteiger partial charge in [-0.05, 0) is 38.3 Å². The van der Waals surface area contributed by atoms with Crippen molar-refractivity contribution in [1.29, 1.82) is 0 Å². The van der Waals surface area contributed by atoms with E-state index in [-0.39, 0.29) is 5.76 Å². The number of aliphatic hydroxyl groups excluding tert-OH is 1. The van der Waals surface area contributed by atoms with Crippen LogP contribution in [0.5, 0.6) is 0 Å². The van der Waals surface area contributed by atoms with E-state index in [4.69, 9.17) is 0 Å². The molecule has 0 fully saturated rings. The highest BCUT2D eigenvalue weighted by atomic mass is 16.3. The van der Waals surface area contributed by atoms with Crippen molar-refractivity contribution in [1.82, 2.24) is 0 Å². The van der Waals surface area contributed by atoms with Crippen LogP contribution in [0.1, 0.15) is 40.5 Å². The number of allylic oxidation sites excluding steroid dienone is 4. The van der Waals surface area contributed by atoms with Gasteiger partial charge in [-0.3, -0.25) is 0 Å². The maximum atomic E-state index is 9.45. The summed E-state index contributed by atoms with van der Waals surface area (Å²) >= 11 is 0. The van der Waals surface area contributed by atoms with Gasteiger partial charge < -0.3 is 5.11 Å². The van der Waals surface area contributed by atoms with Crippen LogP contribution in [-0.4, -0.2) is 5.11 Å². The van der Waals surface area contributed by atoms with Gasteiger partial charge in [0.2, 0.25) is 0 Å². The van der Waals surface area contributed by atoms with Crippen LogP contribution in [0.4, 0.5) is 0 Å². The fourth-order valence-electron chi connectivity index (χ4n) is 1.72. The molecule has 0 aromatic heterocycles. The molecular weight excluding hydrogens is 184 g/mol. The van der Waals surface area contributed by atoms with E-state index in [0.29, 0.717) is 0 Å². The number of hydrogen-bond donors (Lipinski definition) is 1.